The summed E-state index contributed by atoms with van der Waals surface area (Å²) in [4.78, 5) is 22.5. The van der Waals surface area contributed by atoms with Gasteiger partial charge in [0.1, 0.15) is 0 Å². The van der Waals surface area contributed by atoms with Gasteiger partial charge in [-0.3, -0.25) is 10.1 Å². The monoisotopic (exact) mass is 404 g/mol. The van der Waals surface area contributed by atoms with Crippen LogP contribution in [0.4, 0.5) is 4.79 Å². The van der Waals surface area contributed by atoms with Gasteiger partial charge in [-0.05, 0) is 23.3 Å². The van der Waals surface area contributed by atoms with Crippen LogP contribution in [0.15, 0.2) is 51.1 Å². The van der Waals surface area contributed by atoms with Gasteiger partial charge in [-0.15, -0.1) is 10.2 Å². The van der Waals surface area contributed by atoms with Crippen molar-refractivity contribution >= 4 is 57.6 Å². The second-order valence-corrected chi connectivity index (χ2v) is 9.16. The molecule has 1 atom stereocenters. The first-order chi connectivity index (χ1) is 12.5. The Bertz CT molecular complexity index is 939. The summed E-state index contributed by atoms with van der Waals surface area (Å²) in [6, 6.07) is 13.7. The molecule has 3 aromatic rings. The highest BCUT2D eigenvalue weighted by Crippen LogP contribution is 2.33. The zero-order chi connectivity index (χ0) is 18.5. The minimum atomic E-state index is -0.856. The number of thioether (sulfide) groups is 2. The van der Waals surface area contributed by atoms with Crippen LogP contribution >= 0.6 is 34.9 Å². The van der Waals surface area contributed by atoms with Crippen LogP contribution in [-0.4, -0.2) is 27.4 Å². The predicted octanol–water partition coefficient (Wildman–Crippen LogP) is 3.66. The molecule has 134 valence electrons. The lowest BCUT2D eigenvalue weighted by molar-refractivity contribution is -0.119. The van der Waals surface area contributed by atoms with E-state index in [0.717, 1.165) is 10.1 Å². The molecule has 0 bridgehead atoms. The van der Waals surface area contributed by atoms with Crippen molar-refractivity contribution in [1.82, 2.24) is 15.5 Å². The molecule has 3 N–H and O–H groups in total. The van der Waals surface area contributed by atoms with Crippen LogP contribution in [0.1, 0.15) is 12.5 Å². The summed E-state index contributed by atoms with van der Waals surface area (Å²) in [5.41, 5.74) is 6.20. The van der Waals surface area contributed by atoms with Crippen molar-refractivity contribution < 1.29 is 9.59 Å². The lowest BCUT2D eigenvalue weighted by Crippen LogP contribution is -2.39. The highest BCUT2D eigenvalue weighted by molar-refractivity contribution is 8.03. The first-order valence-corrected chi connectivity index (χ1v) is 10.4. The minimum absolute atomic E-state index is 0.442. The van der Waals surface area contributed by atoms with Crippen molar-refractivity contribution in [3.8, 4) is 0 Å². The quantitative estimate of drug-likeness (QED) is 0.609. The van der Waals surface area contributed by atoms with Crippen molar-refractivity contribution in [3.63, 3.8) is 0 Å². The van der Waals surface area contributed by atoms with Gasteiger partial charge >= 0.3 is 6.03 Å². The molecule has 3 rings (SSSR count). The number of benzene rings is 2. The number of fused-ring (bicyclic) bond motifs is 1. The molecule has 0 saturated heterocycles. The molecule has 0 radical (unpaired) electrons. The number of aromatic nitrogens is 2. The highest BCUT2D eigenvalue weighted by Gasteiger charge is 2.18. The molecule has 1 heterocycles. The Morgan fingerprint density at radius 1 is 1.15 bits per heavy atom. The van der Waals surface area contributed by atoms with Crippen molar-refractivity contribution in [2.75, 3.05) is 0 Å². The molecule has 1 aromatic heterocycles. The van der Waals surface area contributed by atoms with E-state index < -0.39 is 17.2 Å². The summed E-state index contributed by atoms with van der Waals surface area (Å²) in [5, 5.41) is 12.3. The number of primary amides is 1. The number of nitrogens with zero attached hydrogens (tertiary/aromatic N) is 2. The lowest BCUT2D eigenvalue weighted by atomic mass is 10.1. The number of hydrogen-bond acceptors (Lipinski definition) is 7. The Kier molecular flexibility index (Phi) is 6.12. The maximum Gasteiger partial charge on any atom is 0.318 e. The van der Waals surface area contributed by atoms with E-state index in [-0.39, 0.29) is 0 Å². The van der Waals surface area contributed by atoms with Crippen LogP contribution in [-0.2, 0) is 10.5 Å². The van der Waals surface area contributed by atoms with E-state index in [4.69, 9.17) is 5.73 Å². The van der Waals surface area contributed by atoms with Crippen molar-refractivity contribution in [2.45, 2.75) is 26.6 Å². The van der Waals surface area contributed by atoms with Gasteiger partial charge in [-0.2, -0.15) is 0 Å². The van der Waals surface area contributed by atoms with Crippen LogP contribution in [0.25, 0.3) is 10.8 Å². The maximum absolute atomic E-state index is 11.7. The highest BCUT2D eigenvalue weighted by atomic mass is 32.2. The number of nitrogens with two attached hydrogens (primary N) is 1. The molecule has 6 nitrogen and oxygen atoms in total. The molecule has 0 unspecified atom stereocenters. The SMILES string of the molecule is C[C@H](Sc1nnc(SCc2cccc3ccccc23)s1)C(=O)NC(N)=O. The van der Waals surface area contributed by atoms with Gasteiger partial charge in [0.25, 0.3) is 0 Å². The third-order valence-electron chi connectivity index (χ3n) is 3.51. The van der Waals surface area contributed by atoms with Crippen LogP contribution in [0.2, 0.25) is 0 Å². The molecule has 3 amide bonds. The van der Waals surface area contributed by atoms with Crippen molar-refractivity contribution in [3.05, 3.63) is 48.0 Å². The van der Waals surface area contributed by atoms with Gasteiger partial charge in [0, 0.05) is 5.75 Å². The summed E-state index contributed by atoms with van der Waals surface area (Å²) >= 11 is 4.29. The standard InChI is InChI=1S/C17H16N4O2S3/c1-10(14(22)19-15(18)23)25-17-21-20-16(26-17)24-9-12-7-4-6-11-5-2-3-8-13(11)12/h2-8,10H,9H2,1H3,(H3,18,19,22,23)/t10-/m0/s1. The Morgan fingerprint density at radius 2 is 1.88 bits per heavy atom. The summed E-state index contributed by atoms with van der Waals surface area (Å²) in [7, 11) is 0. The maximum atomic E-state index is 11.7. The van der Waals surface area contributed by atoms with E-state index in [1.54, 1.807) is 18.7 Å². The number of carbonyl (C=O) groups is 2. The van der Waals surface area contributed by atoms with Gasteiger partial charge in [0.15, 0.2) is 8.68 Å². The first kappa shape index (κ1) is 18.7. The van der Waals surface area contributed by atoms with Gasteiger partial charge in [0.2, 0.25) is 5.91 Å². The van der Waals surface area contributed by atoms with E-state index >= 15 is 0 Å². The lowest BCUT2D eigenvalue weighted by Gasteiger charge is -2.06. The molecule has 0 spiro atoms. The topological polar surface area (TPSA) is 98.0 Å². The van der Waals surface area contributed by atoms with E-state index in [1.165, 1.54) is 39.4 Å². The van der Waals surface area contributed by atoms with Crippen LogP contribution in [0.3, 0.4) is 0 Å². The molecule has 0 saturated carbocycles. The average molecular weight is 405 g/mol. The van der Waals surface area contributed by atoms with Crippen molar-refractivity contribution in [2.24, 2.45) is 5.73 Å². The van der Waals surface area contributed by atoms with Gasteiger partial charge in [0.05, 0.1) is 5.25 Å². The Labute approximate surface area is 163 Å². The summed E-state index contributed by atoms with van der Waals surface area (Å²) in [6.45, 7) is 1.69. The van der Waals surface area contributed by atoms with Crippen LogP contribution in [0.5, 0.6) is 0 Å². The third kappa shape index (κ3) is 4.75. The predicted molar refractivity (Wildman–Crippen MR) is 106 cm³/mol. The second-order valence-electron chi connectivity index (χ2n) is 5.37. The van der Waals surface area contributed by atoms with Gasteiger partial charge < -0.3 is 5.73 Å². The summed E-state index contributed by atoms with van der Waals surface area (Å²) < 4.78 is 1.51. The smallest absolute Gasteiger partial charge is 0.318 e. The number of rotatable bonds is 6. The molecule has 0 fully saturated rings. The van der Waals surface area contributed by atoms with Gasteiger partial charge in [-0.25, -0.2) is 4.79 Å². The van der Waals surface area contributed by atoms with Crippen molar-refractivity contribution in [1.29, 1.82) is 0 Å². The number of carbonyl (C=O) groups excluding carboxylic acids is 2. The van der Waals surface area contributed by atoms with Crippen LogP contribution < -0.4 is 11.1 Å². The molecule has 0 aliphatic carbocycles. The zero-order valence-corrected chi connectivity index (χ0v) is 16.3. The largest absolute Gasteiger partial charge is 0.351 e. The fraction of sp³-hybridized carbons (Fsp3) is 0.176. The van der Waals surface area contributed by atoms with Crippen LogP contribution in [0, 0.1) is 0 Å². The number of nitrogens with one attached hydrogen (secondary N) is 1. The molecular weight excluding hydrogens is 388 g/mol. The summed E-state index contributed by atoms with van der Waals surface area (Å²) in [5.74, 6) is 0.348. The molecule has 9 heteroatoms. The van der Waals surface area contributed by atoms with E-state index in [0.29, 0.717) is 4.34 Å². The Hall–Kier alpha value is -2.10. The number of urea groups is 1. The van der Waals surface area contributed by atoms with Gasteiger partial charge in [-0.1, -0.05) is 77.3 Å². The Morgan fingerprint density at radius 3 is 2.69 bits per heavy atom. The molecular formula is C17H16N4O2S3. The van der Waals surface area contributed by atoms with E-state index in [2.05, 4.69) is 45.8 Å². The normalized spacial score (nSPS) is 12.0. The molecule has 2 aromatic carbocycles. The Balaban J connectivity index is 1.62. The minimum Gasteiger partial charge on any atom is -0.351 e. The number of imide groups is 1. The second kappa shape index (κ2) is 8.52. The van der Waals surface area contributed by atoms with E-state index in [9.17, 15) is 9.59 Å². The zero-order valence-electron chi connectivity index (χ0n) is 13.8. The fourth-order valence-corrected chi connectivity index (χ4v) is 5.46. The molecule has 0 aliphatic heterocycles. The average Bonchev–Trinajstić information content (AvgIpc) is 3.06. The number of hydrogen-bond donors (Lipinski definition) is 2. The molecule has 0 aliphatic rings. The summed E-state index contributed by atoms with van der Waals surface area (Å²) in [6.07, 6.45) is 0. The fourth-order valence-electron chi connectivity index (χ4n) is 2.29. The third-order valence-corrected chi connectivity index (χ3v) is 6.80. The first-order valence-electron chi connectivity index (χ1n) is 7.73. The van der Waals surface area contributed by atoms with E-state index in [1.807, 2.05) is 12.1 Å². The number of amides is 3. The molecule has 26 heavy (non-hydrogen) atoms.